The second-order valence-electron chi connectivity index (χ2n) is 7.70. The van der Waals surface area contributed by atoms with Crippen LogP contribution in [0.15, 0.2) is 6.07 Å². The molecule has 1 saturated carbocycles. The lowest BCUT2D eigenvalue weighted by Crippen LogP contribution is -2.77. The molecule has 2 amide bonds. The summed E-state index contributed by atoms with van der Waals surface area (Å²) in [4.78, 5) is 29.1. The Balaban J connectivity index is 1.47. The first-order chi connectivity index (χ1) is 12.0. The SMILES string of the molecule is COC1C(=O)N(CC2CC2)C12CCN(C(=O)c1cc(C)nn1C)CC2. The Kier molecular flexibility index (Phi) is 3.86. The number of piperidine rings is 1. The highest BCUT2D eigenvalue weighted by Crippen LogP contribution is 2.45. The van der Waals surface area contributed by atoms with Crippen LogP contribution in [0.4, 0.5) is 0 Å². The molecule has 3 aliphatic rings. The van der Waals surface area contributed by atoms with Crippen LogP contribution in [0.5, 0.6) is 0 Å². The fourth-order valence-electron chi connectivity index (χ4n) is 4.42. The molecule has 7 nitrogen and oxygen atoms in total. The molecular weight excluding hydrogens is 320 g/mol. The van der Waals surface area contributed by atoms with E-state index in [1.165, 1.54) is 12.8 Å². The number of ether oxygens (including phenoxy) is 1. The highest BCUT2D eigenvalue weighted by Gasteiger charge is 2.61. The van der Waals surface area contributed by atoms with E-state index in [2.05, 4.69) is 5.10 Å². The molecule has 2 saturated heterocycles. The maximum atomic E-state index is 12.8. The van der Waals surface area contributed by atoms with Crippen molar-refractivity contribution in [2.75, 3.05) is 26.7 Å². The van der Waals surface area contributed by atoms with Crippen LogP contribution < -0.4 is 0 Å². The minimum atomic E-state index is -0.345. The molecule has 3 fully saturated rings. The second kappa shape index (κ2) is 5.83. The number of amides is 2. The van der Waals surface area contributed by atoms with Crippen molar-refractivity contribution in [2.24, 2.45) is 13.0 Å². The van der Waals surface area contributed by atoms with Crippen LogP contribution in [0.1, 0.15) is 41.9 Å². The number of β-lactam (4-membered cyclic amide) rings is 1. The Morgan fingerprint density at radius 2 is 2.04 bits per heavy atom. The largest absolute Gasteiger partial charge is 0.369 e. The third kappa shape index (κ3) is 2.56. The van der Waals surface area contributed by atoms with E-state index < -0.39 is 0 Å². The van der Waals surface area contributed by atoms with Crippen LogP contribution in [0.3, 0.4) is 0 Å². The van der Waals surface area contributed by atoms with Gasteiger partial charge < -0.3 is 14.5 Å². The molecule has 1 atom stereocenters. The van der Waals surface area contributed by atoms with Gasteiger partial charge in [-0.3, -0.25) is 14.3 Å². The number of carbonyl (C=O) groups is 2. The molecule has 1 aliphatic carbocycles. The van der Waals surface area contributed by atoms with Crippen molar-refractivity contribution >= 4 is 11.8 Å². The normalized spacial score (nSPS) is 25.4. The minimum absolute atomic E-state index is 0.0197. The van der Waals surface area contributed by atoms with E-state index in [0.29, 0.717) is 24.7 Å². The van der Waals surface area contributed by atoms with Gasteiger partial charge in [0.25, 0.3) is 11.8 Å². The summed E-state index contributed by atoms with van der Waals surface area (Å²) in [7, 11) is 3.42. The Morgan fingerprint density at radius 3 is 2.56 bits per heavy atom. The van der Waals surface area contributed by atoms with Gasteiger partial charge in [0.15, 0.2) is 6.10 Å². The van der Waals surface area contributed by atoms with Gasteiger partial charge in [-0.15, -0.1) is 0 Å². The first-order valence-electron chi connectivity index (χ1n) is 9.10. The van der Waals surface area contributed by atoms with Crippen molar-refractivity contribution in [3.8, 4) is 0 Å². The summed E-state index contributed by atoms with van der Waals surface area (Å²) in [5.74, 6) is 0.804. The first kappa shape index (κ1) is 16.6. The topological polar surface area (TPSA) is 67.7 Å². The number of hydrogen-bond acceptors (Lipinski definition) is 4. The molecule has 1 spiro atoms. The van der Waals surface area contributed by atoms with Gasteiger partial charge in [0.1, 0.15) is 5.69 Å². The molecule has 4 rings (SSSR count). The number of rotatable bonds is 4. The molecule has 0 bridgehead atoms. The van der Waals surface area contributed by atoms with Gasteiger partial charge in [0.05, 0.1) is 11.2 Å². The third-order valence-corrected chi connectivity index (χ3v) is 6.03. The molecular formula is C18H26N4O3. The van der Waals surface area contributed by atoms with E-state index >= 15 is 0 Å². The quantitative estimate of drug-likeness (QED) is 0.762. The Morgan fingerprint density at radius 1 is 1.36 bits per heavy atom. The molecule has 1 aromatic heterocycles. The number of nitrogens with zero attached hydrogens (tertiary/aromatic N) is 4. The number of aromatic nitrogens is 2. The van der Waals surface area contributed by atoms with Crippen molar-refractivity contribution < 1.29 is 14.3 Å². The van der Waals surface area contributed by atoms with E-state index in [9.17, 15) is 9.59 Å². The summed E-state index contributed by atoms with van der Waals surface area (Å²) in [6.45, 7) is 4.04. The highest BCUT2D eigenvalue weighted by atomic mass is 16.5. The predicted molar refractivity (Wildman–Crippen MR) is 91.0 cm³/mol. The van der Waals surface area contributed by atoms with Crippen molar-refractivity contribution in [1.29, 1.82) is 0 Å². The van der Waals surface area contributed by atoms with Crippen LogP contribution >= 0.6 is 0 Å². The zero-order valence-electron chi connectivity index (χ0n) is 15.2. The minimum Gasteiger partial charge on any atom is -0.369 e. The molecule has 136 valence electrons. The number of aryl methyl sites for hydroxylation is 2. The summed E-state index contributed by atoms with van der Waals surface area (Å²) in [5, 5.41) is 4.27. The first-order valence-corrected chi connectivity index (χ1v) is 9.10. The monoisotopic (exact) mass is 346 g/mol. The fraction of sp³-hybridized carbons (Fsp3) is 0.722. The van der Waals surface area contributed by atoms with E-state index in [0.717, 1.165) is 25.1 Å². The molecule has 0 aromatic carbocycles. The van der Waals surface area contributed by atoms with Crippen molar-refractivity contribution in [3.05, 3.63) is 17.5 Å². The number of carbonyl (C=O) groups excluding carboxylic acids is 2. The van der Waals surface area contributed by atoms with E-state index in [1.807, 2.05) is 22.8 Å². The lowest BCUT2D eigenvalue weighted by Gasteiger charge is -2.59. The van der Waals surface area contributed by atoms with Crippen LogP contribution in [0.25, 0.3) is 0 Å². The van der Waals surface area contributed by atoms with Crippen molar-refractivity contribution in [2.45, 2.75) is 44.2 Å². The van der Waals surface area contributed by atoms with E-state index in [-0.39, 0.29) is 23.5 Å². The van der Waals surface area contributed by atoms with Crippen LogP contribution in [0.2, 0.25) is 0 Å². The van der Waals surface area contributed by atoms with Gasteiger partial charge >= 0.3 is 0 Å². The molecule has 1 aromatic rings. The summed E-state index contributed by atoms with van der Waals surface area (Å²) in [6, 6.07) is 1.83. The number of likely N-dealkylation sites (tertiary alicyclic amines) is 2. The van der Waals surface area contributed by atoms with Gasteiger partial charge in [-0.1, -0.05) is 0 Å². The predicted octanol–water partition coefficient (Wildman–Crippen LogP) is 0.971. The Labute approximate surface area is 147 Å². The molecule has 7 heteroatoms. The summed E-state index contributed by atoms with van der Waals surface area (Å²) in [5.41, 5.74) is 1.25. The Hall–Kier alpha value is -1.89. The average molecular weight is 346 g/mol. The zero-order chi connectivity index (χ0) is 17.8. The standard InChI is InChI=1S/C18H26N4O3/c1-12-10-14(20(2)19-12)16(23)21-8-6-18(7-9-21)15(25-3)17(24)22(18)11-13-4-5-13/h10,13,15H,4-9,11H2,1-3H3. The van der Waals surface area contributed by atoms with Gasteiger partial charge in [0, 0.05) is 33.8 Å². The van der Waals surface area contributed by atoms with E-state index in [4.69, 9.17) is 4.74 Å². The summed E-state index contributed by atoms with van der Waals surface area (Å²) in [6.07, 6.45) is 3.67. The van der Waals surface area contributed by atoms with Crippen LogP contribution in [-0.4, -0.2) is 69.8 Å². The summed E-state index contributed by atoms with van der Waals surface area (Å²) < 4.78 is 7.16. The van der Waals surface area contributed by atoms with Gasteiger partial charge in [-0.2, -0.15) is 5.10 Å². The molecule has 25 heavy (non-hydrogen) atoms. The lowest BCUT2D eigenvalue weighted by molar-refractivity contribution is -0.198. The number of hydrogen-bond donors (Lipinski definition) is 0. The smallest absolute Gasteiger partial charge is 0.272 e. The Bertz CT molecular complexity index is 701. The fourth-order valence-corrected chi connectivity index (χ4v) is 4.42. The van der Waals surface area contributed by atoms with Crippen LogP contribution in [-0.2, 0) is 16.6 Å². The third-order valence-electron chi connectivity index (χ3n) is 6.03. The molecule has 2 aliphatic heterocycles. The lowest BCUT2D eigenvalue weighted by atomic mass is 9.72. The van der Waals surface area contributed by atoms with Crippen LogP contribution in [0, 0.1) is 12.8 Å². The average Bonchev–Trinajstić information content (AvgIpc) is 3.36. The van der Waals surface area contributed by atoms with Crippen molar-refractivity contribution in [1.82, 2.24) is 19.6 Å². The molecule has 0 radical (unpaired) electrons. The second-order valence-corrected chi connectivity index (χ2v) is 7.70. The highest BCUT2D eigenvalue weighted by molar-refractivity contribution is 5.93. The molecule has 3 heterocycles. The summed E-state index contributed by atoms with van der Waals surface area (Å²) >= 11 is 0. The van der Waals surface area contributed by atoms with Gasteiger partial charge in [0.2, 0.25) is 0 Å². The van der Waals surface area contributed by atoms with Gasteiger partial charge in [-0.05, 0) is 44.6 Å². The number of methoxy groups -OCH3 is 1. The maximum absolute atomic E-state index is 12.8. The van der Waals surface area contributed by atoms with Gasteiger partial charge in [-0.25, -0.2) is 0 Å². The maximum Gasteiger partial charge on any atom is 0.272 e. The molecule has 1 unspecified atom stereocenters. The van der Waals surface area contributed by atoms with E-state index in [1.54, 1.807) is 18.8 Å². The van der Waals surface area contributed by atoms with Crippen molar-refractivity contribution in [3.63, 3.8) is 0 Å². The zero-order valence-corrected chi connectivity index (χ0v) is 15.2. The molecule has 0 N–H and O–H groups in total.